The van der Waals surface area contributed by atoms with Crippen LogP contribution >= 0.6 is 0 Å². The number of benzene rings is 2. The lowest BCUT2D eigenvalue weighted by molar-refractivity contribution is -0.124. The van der Waals surface area contributed by atoms with Crippen LogP contribution in [0.1, 0.15) is 22.8 Å². The van der Waals surface area contributed by atoms with Gasteiger partial charge < -0.3 is 20.7 Å². The van der Waals surface area contributed by atoms with Crippen LogP contribution in [0.5, 0.6) is 0 Å². The molecule has 0 aliphatic heterocycles. The Morgan fingerprint density at radius 2 is 1.93 bits per heavy atom. The highest BCUT2D eigenvalue weighted by Crippen LogP contribution is 2.35. The van der Waals surface area contributed by atoms with Gasteiger partial charge in [0.05, 0.1) is 5.39 Å². The average Bonchev–Trinajstić information content (AvgIpc) is 3.05. The Morgan fingerprint density at radius 3 is 2.67 bits per heavy atom. The van der Waals surface area contributed by atoms with Crippen LogP contribution in [0.15, 0.2) is 55.0 Å². The monoisotopic (exact) mass is 401 g/mol. The van der Waals surface area contributed by atoms with Gasteiger partial charge in [-0.3, -0.25) is 4.79 Å². The van der Waals surface area contributed by atoms with Crippen molar-refractivity contribution in [3.8, 4) is 11.1 Å². The van der Waals surface area contributed by atoms with E-state index in [1.165, 1.54) is 6.33 Å². The lowest BCUT2D eigenvalue weighted by Gasteiger charge is -2.14. The van der Waals surface area contributed by atoms with E-state index in [4.69, 9.17) is 5.73 Å². The second-order valence-corrected chi connectivity index (χ2v) is 7.45. The Kier molecular flexibility index (Phi) is 4.97. The molecule has 0 fully saturated rings. The predicted molar refractivity (Wildman–Crippen MR) is 118 cm³/mol. The summed E-state index contributed by atoms with van der Waals surface area (Å²) in [7, 11) is 1.91. The van der Waals surface area contributed by atoms with Gasteiger partial charge in [-0.1, -0.05) is 35.9 Å². The number of rotatable bonds is 4. The third kappa shape index (κ3) is 3.51. The number of nitrogen functional groups attached to an aromatic ring is 1. The van der Waals surface area contributed by atoms with Crippen molar-refractivity contribution in [1.82, 2.24) is 14.5 Å². The maximum absolute atomic E-state index is 12.5. The largest absolute Gasteiger partial charge is 0.383 e. The number of hydrogen-bond acceptors (Lipinski definition) is 5. The summed E-state index contributed by atoms with van der Waals surface area (Å²) in [6, 6.07) is 12.9. The second-order valence-electron chi connectivity index (χ2n) is 7.45. The smallest absolute Gasteiger partial charge is 0.257 e. The Labute approximate surface area is 174 Å². The fraction of sp³-hybridized carbons (Fsp3) is 0.174. The molecule has 1 amide bonds. The first kappa shape index (κ1) is 19.6. The third-order valence-corrected chi connectivity index (χ3v) is 5.17. The van der Waals surface area contributed by atoms with Gasteiger partial charge in [-0.25, -0.2) is 9.97 Å². The molecule has 7 heteroatoms. The summed E-state index contributed by atoms with van der Waals surface area (Å²) in [5, 5.41) is 14.0. The van der Waals surface area contributed by atoms with Crippen molar-refractivity contribution < 1.29 is 9.90 Å². The molecule has 2 aromatic carbocycles. The summed E-state index contributed by atoms with van der Waals surface area (Å²) in [4.78, 5) is 20.9. The van der Waals surface area contributed by atoms with E-state index in [1.807, 2.05) is 62.0 Å². The van der Waals surface area contributed by atoms with Gasteiger partial charge >= 0.3 is 0 Å². The molecule has 0 aliphatic carbocycles. The molecule has 2 aromatic heterocycles. The molecule has 0 bridgehead atoms. The summed E-state index contributed by atoms with van der Waals surface area (Å²) in [6.45, 7) is 3.88. The van der Waals surface area contributed by atoms with E-state index in [1.54, 1.807) is 12.1 Å². The molecule has 152 valence electrons. The second kappa shape index (κ2) is 7.61. The molecule has 1 atom stereocenters. The number of aliphatic hydroxyl groups is 1. The highest BCUT2D eigenvalue weighted by atomic mass is 16.3. The summed E-state index contributed by atoms with van der Waals surface area (Å²) < 4.78 is 1.91. The number of nitrogens with one attached hydrogen (secondary N) is 1. The first-order valence-corrected chi connectivity index (χ1v) is 9.57. The van der Waals surface area contributed by atoms with Crippen molar-refractivity contribution in [2.45, 2.75) is 20.0 Å². The molecule has 0 spiro atoms. The van der Waals surface area contributed by atoms with Gasteiger partial charge in [0, 0.05) is 24.5 Å². The van der Waals surface area contributed by atoms with Crippen LogP contribution in [-0.2, 0) is 11.8 Å². The van der Waals surface area contributed by atoms with Crippen molar-refractivity contribution in [3.05, 3.63) is 71.7 Å². The number of aliphatic hydroxyl groups excluding tert-OH is 1. The lowest BCUT2D eigenvalue weighted by atomic mass is 10.00. The predicted octanol–water partition coefficient (Wildman–Crippen LogP) is 3.51. The van der Waals surface area contributed by atoms with Crippen molar-refractivity contribution >= 4 is 28.4 Å². The van der Waals surface area contributed by atoms with Crippen LogP contribution in [0.3, 0.4) is 0 Å². The van der Waals surface area contributed by atoms with Crippen LogP contribution < -0.4 is 11.1 Å². The average molecular weight is 401 g/mol. The number of nitrogens with two attached hydrogens (primary N) is 1. The summed E-state index contributed by atoms with van der Waals surface area (Å²) in [5.41, 5.74) is 11.9. The van der Waals surface area contributed by atoms with Gasteiger partial charge in [0.2, 0.25) is 0 Å². The topological polar surface area (TPSA) is 106 Å². The van der Waals surface area contributed by atoms with Gasteiger partial charge in [-0.2, -0.15) is 0 Å². The molecule has 4 rings (SSSR count). The van der Waals surface area contributed by atoms with E-state index in [0.29, 0.717) is 17.1 Å². The molecule has 30 heavy (non-hydrogen) atoms. The maximum atomic E-state index is 12.5. The van der Waals surface area contributed by atoms with E-state index in [2.05, 4.69) is 15.3 Å². The van der Waals surface area contributed by atoms with E-state index in [-0.39, 0.29) is 0 Å². The van der Waals surface area contributed by atoms with Crippen LogP contribution in [0.4, 0.5) is 11.5 Å². The summed E-state index contributed by atoms with van der Waals surface area (Å²) in [5.74, 6) is -0.0517. The van der Waals surface area contributed by atoms with Crippen LogP contribution in [0.2, 0.25) is 0 Å². The molecule has 0 radical (unpaired) electrons. The number of hydrogen-bond donors (Lipinski definition) is 3. The van der Waals surface area contributed by atoms with E-state index < -0.39 is 12.0 Å². The maximum Gasteiger partial charge on any atom is 0.257 e. The molecule has 0 saturated heterocycles. The SMILES string of the molecule is Cc1cccc(C(O)C(=O)Nc2ccc(-c3cn(C)c4ncnc(N)c34)c(C)c2)c1. The number of carbonyl (C=O) groups excluding carboxylic acids is 1. The van der Waals surface area contributed by atoms with Gasteiger partial charge in [0.15, 0.2) is 6.10 Å². The zero-order valence-electron chi connectivity index (χ0n) is 17.0. The van der Waals surface area contributed by atoms with Crippen molar-refractivity contribution in [2.24, 2.45) is 7.05 Å². The molecule has 2 heterocycles. The lowest BCUT2D eigenvalue weighted by Crippen LogP contribution is -2.20. The molecular formula is C23H23N5O2. The molecule has 0 saturated carbocycles. The zero-order chi connectivity index (χ0) is 21.4. The third-order valence-electron chi connectivity index (χ3n) is 5.17. The van der Waals surface area contributed by atoms with Crippen molar-refractivity contribution in [1.29, 1.82) is 0 Å². The Morgan fingerprint density at radius 1 is 1.13 bits per heavy atom. The number of fused-ring (bicyclic) bond motifs is 1. The highest BCUT2D eigenvalue weighted by Gasteiger charge is 2.19. The Balaban J connectivity index is 1.62. The van der Waals surface area contributed by atoms with Gasteiger partial charge in [0.1, 0.15) is 17.8 Å². The number of amides is 1. The van der Waals surface area contributed by atoms with Crippen molar-refractivity contribution in [2.75, 3.05) is 11.1 Å². The molecule has 4 N–H and O–H groups in total. The van der Waals surface area contributed by atoms with E-state index in [0.717, 1.165) is 33.3 Å². The highest BCUT2D eigenvalue weighted by molar-refractivity contribution is 6.01. The van der Waals surface area contributed by atoms with Crippen LogP contribution in [-0.4, -0.2) is 25.5 Å². The van der Waals surface area contributed by atoms with Gasteiger partial charge in [-0.05, 0) is 42.7 Å². The molecule has 7 nitrogen and oxygen atoms in total. The Bertz CT molecular complexity index is 1260. The standard InChI is InChI=1S/C23H23N5O2/c1-13-5-4-6-15(9-13)20(29)23(30)27-16-7-8-17(14(2)10-16)18-11-28(3)22-19(18)21(24)25-12-26-22/h4-12,20,29H,1-3H3,(H,27,30)(H2,24,25,26). The molecular weight excluding hydrogens is 378 g/mol. The van der Waals surface area contributed by atoms with E-state index >= 15 is 0 Å². The minimum absolute atomic E-state index is 0.425. The molecule has 1 unspecified atom stereocenters. The minimum Gasteiger partial charge on any atom is -0.383 e. The summed E-state index contributed by atoms with van der Waals surface area (Å²) in [6.07, 6.45) is 2.18. The van der Waals surface area contributed by atoms with Crippen LogP contribution in [0.25, 0.3) is 22.2 Å². The quantitative estimate of drug-likeness (QED) is 0.485. The number of nitrogens with zero attached hydrogens (tertiary/aromatic N) is 3. The zero-order valence-corrected chi connectivity index (χ0v) is 17.0. The van der Waals surface area contributed by atoms with E-state index in [9.17, 15) is 9.90 Å². The normalized spacial score (nSPS) is 12.1. The number of aryl methyl sites for hydroxylation is 3. The van der Waals surface area contributed by atoms with Crippen molar-refractivity contribution in [3.63, 3.8) is 0 Å². The van der Waals surface area contributed by atoms with Gasteiger partial charge in [-0.15, -0.1) is 0 Å². The molecule has 0 aliphatic rings. The number of aromatic nitrogens is 3. The Hall–Kier alpha value is -3.71. The fourth-order valence-electron chi connectivity index (χ4n) is 3.68. The van der Waals surface area contributed by atoms with Gasteiger partial charge in [0.25, 0.3) is 5.91 Å². The first-order valence-electron chi connectivity index (χ1n) is 9.57. The minimum atomic E-state index is -1.24. The number of anilines is 2. The first-order chi connectivity index (χ1) is 14.3. The molecule has 4 aromatic rings. The number of carbonyl (C=O) groups is 1. The summed E-state index contributed by atoms with van der Waals surface area (Å²) >= 11 is 0. The van der Waals surface area contributed by atoms with Crippen LogP contribution in [0, 0.1) is 13.8 Å². The fourth-order valence-corrected chi connectivity index (χ4v) is 3.68.